The van der Waals surface area contributed by atoms with Crippen molar-refractivity contribution in [2.24, 2.45) is 5.10 Å². The van der Waals surface area contributed by atoms with Gasteiger partial charge in [-0.2, -0.15) is 5.10 Å². The van der Waals surface area contributed by atoms with E-state index in [1.165, 1.54) is 0 Å². The van der Waals surface area contributed by atoms with E-state index in [1.807, 2.05) is 45.9 Å². The normalized spacial score (nSPS) is 16.3. The van der Waals surface area contributed by atoms with Crippen molar-refractivity contribution >= 4 is 11.8 Å². The van der Waals surface area contributed by atoms with Crippen LogP contribution in [0.3, 0.4) is 0 Å². The number of rotatable bonds is 5. The molecule has 1 fully saturated rings. The van der Waals surface area contributed by atoms with Gasteiger partial charge in [-0.05, 0) is 51.5 Å². The summed E-state index contributed by atoms with van der Waals surface area (Å²) in [6.45, 7) is 11.4. The monoisotopic (exact) mass is 363 g/mol. The minimum atomic E-state index is -0.570. The number of amides is 1. The minimum absolute atomic E-state index is 0.557. The second kappa shape index (κ2) is 9.00. The predicted octanol–water partition coefficient (Wildman–Crippen LogP) is 2.78. The summed E-state index contributed by atoms with van der Waals surface area (Å²) in [6, 6.07) is 5.90. The van der Waals surface area contributed by atoms with Gasteiger partial charge in [-0.1, -0.05) is 0 Å². The molecule has 0 aromatic heterocycles. The number of nitrogens with one attached hydrogen (secondary N) is 1. The van der Waals surface area contributed by atoms with Gasteiger partial charge >= 0.3 is 6.09 Å². The van der Waals surface area contributed by atoms with Crippen LogP contribution in [-0.4, -0.2) is 55.7 Å². The van der Waals surface area contributed by atoms with Crippen LogP contribution in [0.4, 0.5) is 4.79 Å². The van der Waals surface area contributed by atoms with E-state index in [0.29, 0.717) is 5.71 Å². The van der Waals surface area contributed by atoms with Crippen LogP contribution in [0.25, 0.3) is 0 Å². The van der Waals surface area contributed by atoms with Gasteiger partial charge < -0.3 is 14.2 Å². The Morgan fingerprint density at radius 3 is 2.62 bits per heavy atom. The Labute approximate surface area is 155 Å². The number of carbonyl (C=O) groups excluding carboxylic acids is 1. The van der Waals surface area contributed by atoms with Crippen molar-refractivity contribution in [2.45, 2.75) is 39.8 Å². The molecule has 1 aromatic rings. The van der Waals surface area contributed by atoms with E-state index >= 15 is 0 Å². The molecule has 1 N–H and O–H groups in total. The lowest BCUT2D eigenvalue weighted by molar-refractivity contribution is 0.0339. The second-order valence-electron chi connectivity index (χ2n) is 7.23. The molecule has 2 rings (SSSR count). The number of hydrazone groups is 1. The van der Waals surface area contributed by atoms with E-state index in [0.717, 1.165) is 49.7 Å². The number of methoxy groups -OCH3 is 1. The third-order valence-electron chi connectivity index (χ3n) is 3.91. The van der Waals surface area contributed by atoms with E-state index in [9.17, 15) is 4.79 Å². The van der Waals surface area contributed by atoms with Crippen molar-refractivity contribution < 1.29 is 19.0 Å². The fourth-order valence-corrected chi connectivity index (χ4v) is 2.62. The third kappa shape index (κ3) is 6.31. The van der Waals surface area contributed by atoms with Gasteiger partial charge in [0, 0.05) is 25.2 Å². The van der Waals surface area contributed by atoms with Gasteiger partial charge in [0.25, 0.3) is 0 Å². The SMILES string of the molecule is COc1ccc(/C(C)=N\NC(=O)OC(C)(C)C)cc1CN1CCOCC1. The fourth-order valence-electron chi connectivity index (χ4n) is 2.62. The van der Waals surface area contributed by atoms with Crippen molar-refractivity contribution in [3.05, 3.63) is 29.3 Å². The lowest BCUT2D eigenvalue weighted by atomic mass is 10.1. The molecular formula is C19H29N3O4. The standard InChI is InChI=1S/C19H29N3O4/c1-14(20-21-18(23)26-19(2,3)4)15-6-7-17(24-5)16(12-15)13-22-8-10-25-11-9-22/h6-7,12H,8-11,13H2,1-5H3,(H,21,23)/b20-14-. The van der Waals surface area contributed by atoms with Gasteiger partial charge in [-0.15, -0.1) is 0 Å². The Morgan fingerprint density at radius 2 is 2.00 bits per heavy atom. The molecule has 7 heteroatoms. The average Bonchev–Trinajstić information content (AvgIpc) is 2.59. The highest BCUT2D eigenvalue weighted by molar-refractivity contribution is 5.99. The number of benzene rings is 1. The first-order valence-corrected chi connectivity index (χ1v) is 8.79. The molecule has 0 saturated carbocycles. The Morgan fingerprint density at radius 1 is 1.31 bits per heavy atom. The summed E-state index contributed by atoms with van der Waals surface area (Å²) in [5.74, 6) is 0.841. The molecular weight excluding hydrogens is 334 g/mol. The highest BCUT2D eigenvalue weighted by atomic mass is 16.6. The first-order chi connectivity index (χ1) is 12.3. The number of carbonyl (C=O) groups is 1. The largest absolute Gasteiger partial charge is 0.496 e. The number of ether oxygens (including phenoxy) is 3. The molecule has 1 aliphatic rings. The Bertz CT molecular complexity index is 647. The van der Waals surface area contributed by atoms with Crippen molar-refractivity contribution in [1.82, 2.24) is 10.3 Å². The van der Waals surface area contributed by atoms with Crippen molar-refractivity contribution in [3.8, 4) is 5.75 Å². The minimum Gasteiger partial charge on any atom is -0.496 e. The summed E-state index contributed by atoms with van der Waals surface area (Å²) in [5, 5.41) is 4.14. The molecule has 1 heterocycles. The van der Waals surface area contributed by atoms with Gasteiger partial charge in [-0.25, -0.2) is 10.2 Å². The fraction of sp³-hybridized carbons (Fsp3) is 0.579. The zero-order valence-corrected chi connectivity index (χ0v) is 16.3. The Hall–Kier alpha value is -2.12. The molecule has 0 bridgehead atoms. The Balaban J connectivity index is 2.09. The summed E-state index contributed by atoms with van der Waals surface area (Å²) in [5.41, 5.74) is 4.58. The third-order valence-corrected chi connectivity index (χ3v) is 3.91. The smallest absolute Gasteiger partial charge is 0.428 e. The first-order valence-electron chi connectivity index (χ1n) is 8.79. The van der Waals surface area contributed by atoms with Crippen LogP contribution in [-0.2, 0) is 16.0 Å². The zero-order valence-electron chi connectivity index (χ0n) is 16.3. The summed E-state index contributed by atoms with van der Waals surface area (Å²) >= 11 is 0. The molecule has 0 spiro atoms. The van der Waals surface area contributed by atoms with Crippen LogP contribution in [0.5, 0.6) is 5.75 Å². The number of nitrogens with zero attached hydrogens (tertiary/aromatic N) is 2. The van der Waals surface area contributed by atoms with Gasteiger partial charge in [-0.3, -0.25) is 4.90 Å². The van der Waals surface area contributed by atoms with Crippen LogP contribution in [0.1, 0.15) is 38.8 Å². The van der Waals surface area contributed by atoms with Gasteiger partial charge in [0.05, 0.1) is 26.0 Å². The highest BCUT2D eigenvalue weighted by Crippen LogP contribution is 2.22. The molecule has 0 atom stereocenters. The number of hydrogen-bond donors (Lipinski definition) is 1. The molecule has 1 saturated heterocycles. The van der Waals surface area contributed by atoms with E-state index in [2.05, 4.69) is 15.4 Å². The lowest BCUT2D eigenvalue weighted by Crippen LogP contribution is -2.35. The molecule has 26 heavy (non-hydrogen) atoms. The molecule has 0 aliphatic carbocycles. The van der Waals surface area contributed by atoms with Crippen molar-refractivity contribution in [1.29, 1.82) is 0 Å². The highest BCUT2D eigenvalue weighted by Gasteiger charge is 2.16. The topological polar surface area (TPSA) is 72.4 Å². The Kier molecular flexibility index (Phi) is 6.99. The molecule has 0 radical (unpaired) electrons. The molecule has 1 amide bonds. The van der Waals surface area contributed by atoms with Crippen molar-refractivity contribution in [2.75, 3.05) is 33.4 Å². The molecule has 1 aromatic carbocycles. The van der Waals surface area contributed by atoms with E-state index in [4.69, 9.17) is 14.2 Å². The summed E-state index contributed by atoms with van der Waals surface area (Å²) < 4.78 is 16.1. The summed E-state index contributed by atoms with van der Waals surface area (Å²) in [7, 11) is 1.67. The summed E-state index contributed by atoms with van der Waals surface area (Å²) in [4.78, 5) is 14.1. The predicted molar refractivity (Wildman–Crippen MR) is 101 cm³/mol. The lowest BCUT2D eigenvalue weighted by Gasteiger charge is -2.27. The quantitative estimate of drug-likeness (QED) is 0.643. The number of morpholine rings is 1. The van der Waals surface area contributed by atoms with E-state index < -0.39 is 11.7 Å². The van der Waals surface area contributed by atoms with Crippen LogP contribution < -0.4 is 10.2 Å². The first kappa shape index (κ1) is 20.2. The van der Waals surface area contributed by atoms with E-state index in [1.54, 1.807) is 7.11 Å². The van der Waals surface area contributed by atoms with Crippen LogP contribution >= 0.6 is 0 Å². The summed E-state index contributed by atoms with van der Waals surface area (Å²) in [6.07, 6.45) is -0.570. The van der Waals surface area contributed by atoms with Gasteiger partial charge in [0.2, 0.25) is 0 Å². The maximum atomic E-state index is 11.7. The van der Waals surface area contributed by atoms with Gasteiger partial charge in [0.1, 0.15) is 11.4 Å². The van der Waals surface area contributed by atoms with Crippen LogP contribution in [0.15, 0.2) is 23.3 Å². The number of hydrogen-bond acceptors (Lipinski definition) is 6. The molecule has 7 nitrogen and oxygen atoms in total. The maximum Gasteiger partial charge on any atom is 0.428 e. The van der Waals surface area contributed by atoms with Crippen LogP contribution in [0, 0.1) is 0 Å². The van der Waals surface area contributed by atoms with Crippen LogP contribution in [0.2, 0.25) is 0 Å². The average molecular weight is 363 g/mol. The van der Waals surface area contributed by atoms with Crippen molar-refractivity contribution in [3.63, 3.8) is 0 Å². The maximum absolute atomic E-state index is 11.7. The van der Waals surface area contributed by atoms with Gasteiger partial charge in [0.15, 0.2) is 0 Å². The molecule has 0 unspecified atom stereocenters. The van der Waals surface area contributed by atoms with E-state index in [-0.39, 0.29) is 0 Å². The zero-order chi connectivity index (χ0) is 19.2. The second-order valence-corrected chi connectivity index (χ2v) is 7.23. The molecule has 144 valence electrons. The molecule has 1 aliphatic heterocycles.